The van der Waals surface area contributed by atoms with Crippen LogP contribution in [0.25, 0.3) is 5.69 Å². The van der Waals surface area contributed by atoms with Gasteiger partial charge in [0.1, 0.15) is 11.3 Å². The molecule has 0 unspecified atom stereocenters. The average Bonchev–Trinajstić information content (AvgIpc) is 3.33. The van der Waals surface area contributed by atoms with Gasteiger partial charge < -0.3 is 9.64 Å². The Morgan fingerprint density at radius 3 is 2.70 bits per heavy atom. The second-order valence-electron chi connectivity index (χ2n) is 7.98. The number of carbonyl (C=O) groups excluding carboxylic acids is 2. The van der Waals surface area contributed by atoms with Crippen LogP contribution in [0.15, 0.2) is 42.9 Å². The zero-order chi connectivity index (χ0) is 21.3. The van der Waals surface area contributed by atoms with E-state index in [1.807, 2.05) is 51.1 Å². The molecule has 0 atom stereocenters. The van der Waals surface area contributed by atoms with Crippen molar-refractivity contribution in [3.05, 3.63) is 59.1 Å². The molecule has 2 aromatic heterocycles. The Hall–Kier alpha value is -3.20. The molecule has 0 bridgehead atoms. The first-order chi connectivity index (χ1) is 14.3. The first-order valence-corrected chi connectivity index (χ1v) is 10.5. The molecule has 3 aromatic rings. The molecule has 0 saturated heterocycles. The number of amides is 2. The number of fused-ring (bicyclic) bond motifs is 1. The Bertz CT molecular complexity index is 1070. The number of aromatic nitrogens is 3. The van der Waals surface area contributed by atoms with Crippen LogP contribution in [0.3, 0.4) is 0 Å². The van der Waals surface area contributed by atoms with E-state index in [-0.39, 0.29) is 12.0 Å². The summed E-state index contributed by atoms with van der Waals surface area (Å²) in [7, 11) is 0. The van der Waals surface area contributed by atoms with E-state index >= 15 is 0 Å². The molecule has 0 aliphatic carbocycles. The summed E-state index contributed by atoms with van der Waals surface area (Å²) in [6, 6.07) is 9.54. The molecule has 0 radical (unpaired) electrons. The molecule has 1 aliphatic rings. The molecule has 2 amide bonds. The van der Waals surface area contributed by atoms with Crippen molar-refractivity contribution in [1.82, 2.24) is 19.4 Å². The maximum atomic E-state index is 12.8. The van der Waals surface area contributed by atoms with Gasteiger partial charge in [0.15, 0.2) is 5.13 Å². The topological polar surface area (TPSA) is 89.3 Å². The fraction of sp³-hybridized carbons (Fsp3) is 0.333. The van der Waals surface area contributed by atoms with Crippen molar-refractivity contribution in [3.63, 3.8) is 0 Å². The van der Waals surface area contributed by atoms with Crippen LogP contribution >= 0.6 is 11.3 Å². The molecule has 1 aromatic carbocycles. The van der Waals surface area contributed by atoms with E-state index in [4.69, 9.17) is 4.74 Å². The number of ether oxygens (including phenoxy) is 1. The molecule has 0 spiro atoms. The summed E-state index contributed by atoms with van der Waals surface area (Å²) in [5, 5.41) is 3.38. The number of nitrogens with one attached hydrogen (secondary N) is 1. The fourth-order valence-electron chi connectivity index (χ4n) is 3.15. The van der Waals surface area contributed by atoms with E-state index in [9.17, 15) is 9.59 Å². The lowest BCUT2D eigenvalue weighted by molar-refractivity contribution is 0.0225. The normalized spacial score (nSPS) is 13.6. The number of anilines is 1. The highest BCUT2D eigenvalue weighted by Gasteiger charge is 2.28. The van der Waals surface area contributed by atoms with Crippen LogP contribution in [0.5, 0.6) is 0 Å². The number of thiazole rings is 1. The molecule has 9 heteroatoms. The minimum Gasteiger partial charge on any atom is -0.444 e. The summed E-state index contributed by atoms with van der Waals surface area (Å²) in [6.07, 6.45) is 3.43. The second kappa shape index (κ2) is 7.91. The van der Waals surface area contributed by atoms with Crippen LogP contribution in [0, 0.1) is 0 Å². The van der Waals surface area contributed by atoms with Gasteiger partial charge in [0, 0.05) is 23.5 Å². The van der Waals surface area contributed by atoms with Gasteiger partial charge in [-0.2, -0.15) is 0 Å². The third-order valence-corrected chi connectivity index (χ3v) is 5.51. The van der Waals surface area contributed by atoms with Gasteiger partial charge in [-0.25, -0.2) is 14.8 Å². The summed E-state index contributed by atoms with van der Waals surface area (Å²) < 4.78 is 7.19. The van der Waals surface area contributed by atoms with Crippen molar-refractivity contribution < 1.29 is 14.3 Å². The SMILES string of the molecule is CC(C)(C)OC(=O)N1CCc2nc(NC(=O)c3cncn3-c3ccccc3)sc2C1. The third kappa shape index (κ3) is 4.35. The van der Waals surface area contributed by atoms with E-state index in [1.54, 1.807) is 15.8 Å². The first kappa shape index (κ1) is 20.1. The number of imidazole rings is 1. The highest BCUT2D eigenvalue weighted by atomic mass is 32.1. The standard InChI is InChI=1S/C21H23N5O3S/c1-21(2,3)29-20(28)25-10-9-15-17(12-25)30-19(23-15)24-18(27)16-11-22-13-26(16)14-7-5-4-6-8-14/h4-8,11,13H,9-10,12H2,1-3H3,(H,23,24,27). The minimum absolute atomic E-state index is 0.286. The number of para-hydroxylation sites is 1. The fourth-order valence-corrected chi connectivity index (χ4v) is 4.17. The molecule has 1 N–H and O–H groups in total. The van der Waals surface area contributed by atoms with Crippen molar-refractivity contribution >= 4 is 28.5 Å². The third-order valence-electron chi connectivity index (χ3n) is 4.51. The van der Waals surface area contributed by atoms with E-state index in [1.165, 1.54) is 17.5 Å². The predicted octanol–water partition coefficient (Wildman–Crippen LogP) is 3.87. The van der Waals surface area contributed by atoms with Crippen molar-refractivity contribution in [1.29, 1.82) is 0 Å². The number of hydrogen-bond acceptors (Lipinski definition) is 6. The van der Waals surface area contributed by atoms with Gasteiger partial charge in [-0.05, 0) is 32.9 Å². The van der Waals surface area contributed by atoms with Crippen LogP contribution in [0.1, 0.15) is 41.8 Å². The van der Waals surface area contributed by atoms with Crippen LogP contribution in [-0.4, -0.2) is 43.6 Å². The number of benzene rings is 1. The molecule has 0 saturated carbocycles. The number of hydrogen-bond donors (Lipinski definition) is 1. The lowest BCUT2D eigenvalue weighted by atomic mass is 10.2. The summed E-state index contributed by atoms with van der Waals surface area (Å²) >= 11 is 1.38. The van der Waals surface area contributed by atoms with Crippen LogP contribution in [0.4, 0.5) is 9.93 Å². The Kier molecular flexibility index (Phi) is 5.29. The molecule has 0 fully saturated rings. The average molecular weight is 426 g/mol. The lowest BCUT2D eigenvalue weighted by Crippen LogP contribution is -2.39. The van der Waals surface area contributed by atoms with Gasteiger partial charge in [0.05, 0.1) is 24.8 Å². The summed E-state index contributed by atoms with van der Waals surface area (Å²) in [6.45, 7) is 6.52. The van der Waals surface area contributed by atoms with Gasteiger partial charge >= 0.3 is 6.09 Å². The quantitative estimate of drug-likeness (QED) is 0.688. The van der Waals surface area contributed by atoms with Crippen LogP contribution in [-0.2, 0) is 17.7 Å². The van der Waals surface area contributed by atoms with E-state index in [2.05, 4.69) is 15.3 Å². The maximum absolute atomic E-state index is 12.8. The van der Waals surface area contributed by atoms with Gasteiger partial charge in [-0.15, -0.1) is 0 Å². The van der Waals surface area contributed by atoms with Gasteiger partial charge in [-0.1, -0.05) is 29.5 Å². The minimum atomic E-state index is -0.536. The zero-order valence-corrected chi connectivity index (χ0v) is 17.9. The Morgan fingerprint density at radius 1 is 1.20 bits per heavy atom. The van der Waals surface area contributed by atoms with Crippen molar-refractivity contribution in [2.75, 3.05) is 11.9 Å². The highest BCUT2D eigenvalue weighted by Crippen LogP contribution is 2.29. The van der Waals surface area contributed by atoms with Crippen LogP contribution < -0.4 is 5.32 Å². The molecular weight excluding hydrogens is 402 g/mol. The summed E-state index contributed by atoms with van der Waals surface area (Å²) in [5.41, 5.74) is 1.65. The molecule has 156 valence electrons. The molecule has 8 nitrogen and oxygen atoms in total. The molecule has 4 rings (SSSR count). The Balaban J connectivity index is 1.47. The molecular formula is C21H23N5O3S. The number of rotatable bonds is 3. The van der Waals surface area contributed by atoms with E-state index in [0.717, 1.165) is 16.3 Å². The second-order valence-corrected chi connectivity index (χ2v) is 9.06. The van der Waals surface area contributed by atoms with Crippen molar-refractivity contribution in [2.24, 2.45) is 0 Å². The molecule has 3 heterocycles. The van der Waals surface area contributed by atoms with Gasteiger partial charge in [-0.3, -0.25) is 14.7 Å². The van der Waals surface area contributed by atoms with E-state index in [0.29, 0.717) is 30.3 Å². The smallest absolute Gasteiger partial charge is 0.410 e. The Morgan fingerprint density at radius 2 is 1.97 bits per heavy atom. The zero-order valence-electron chi connectivity index (χ0n) is 17.1. The Labute approximate surface area is 178 Å². The molecule has 30 heavy (non-hydrogen) atoms. The number of carbonyl (C=O) groups is 2. The van der Waals surface area contributed by atoms with Gasteiger partial charge in [0.25, 0.3) is 5.91 Å². The van der Waals surface area contributed by atoms with Crippen molar-refractivity contribution in [3.8, 4) is 5.69 Å². The number of nitrogens with zero attached hydrogens (tertiary/aromatic N) is 4. The maximum Gasteiger partial charge on any atom is 0.410 e. The highest BCUT2D eigenvalue weighted by molar-refractivity contribution is 7.15. The van der Waals surface area contributed by atoms with Gasteiger partial charge in [0.2, 0.25) is 0 Å². The summed E-state index contributed by atoms with van der Waals surface area (Å²) in [4.78, 5) is 36.5. The van der Waals surface area contributed by atoms with E-state index < -0.39 is 5.60 Å². The molecule has 1 aliphatic heterocycles. The van der Waals surface area contributed by atoms with Crippen LogP contribution in [0.2, 0.25) is 0 Å². The first-order valence-electron chi connectivity index (χ1n) is 9.66. The monoisotopic (exact) mass is 425 g/mol. The largest absolute Gasteiger partial charge is 0.444 e. The van der Waals surface area contributed by atoms with Crippen molar-refractivity contribution in [2.45, 2.75) is 39.3 Å². The lowest BCUT2D eigenvalue weighted by Gasteiger charge is -2.29. The predicted molar refractivity (Wildman–Crippen MR) is 114 cm³/mol. The summed E-state index contributed by atoms with van der Waals surface area (Å²) in [5.74, 6) is -0.286.